The van der Waals surface area contributed by atoms with Crippen molar-refractivity contribution in [1.29, 1.82) is 0 Å². The first-order valence-corrected chi connectivity index (χ1v) is 9.64. The summed E-state index contributed by atoms with van der Waals surface area (Å²) in [7, 11) is 3.61. The summed E-state index contributed by atoms with van der Waals surface area (Å²) in [6.07, 6.45) is 7.30. The van der Waals surface area contributed by atoms with Crippen molar-refractivity contribution in [3.8, 4) is 0 Å². The van der Waals surface area contributed by atoms with E-state index in [-0.39, 0.29) is 29.9 Å². The smallest absolute Gasteiger partial charge is 0.246 e. The zero-order chi connectivity index (χ0) is 20.1. The molecular formula is C20H30IN7O. The van der Waals surface area contributed by atoms with Gasteiger partial charge in [-0.1, -0.05) is 19.9 Å². The molecule has 2 aromatic rings. The van der Waals surface area contributed by atoms with E-state index in [2.05, 4.69) is 40.3 Å². The molecule has 0 aromatic carbocycles. The summed E-state index contributed by atoms with van der Waals surface area (Å²) in [5.74, 6) is 1.58. The molecule has 1 aliphatic heterocycles. The number of nitrogens with one attached hydrogen (secondary N) is 1. The van der Waals surface area contributed by atoms with Crippen molar-refractivity contribution >= 4 is 41.5 Å². The number of aromatic nitrogens is 3. The fraction of sp³-hybridized carbons (Fsp3) is 0.500. The Morgan fingerprint density at radius 1 is 1.31 bits per heavy atom. The van der Waals surface area contributed by atoms with Crippen molar-refractivity contribution in [3.63, 3.8) is 0 Å². The number of aryl methyl sites for hydroxylation is 1. The van der Waals surface area contributed by atoms with Gasteiger partial charge >= 0.3 is 0 Å². The molecule has 0 radical (unpaired) electrons. The molecule has 0 aliphatic carbocycles. The van der Waals surface area contributed by atoms with Crippen LogP contribution in [-0.4, -0.2) is 64.8 Å². The second-order valence-electron chi connectivity index (χ2n) is 7.40. The SMILES string of the molecule is CN=C(NCC(c1cccnc1)C(C)C)N1CCN(c2cnn(C)c2)C(=O)C1.I. The number of nitrogens with zero attached hydrogens (tertiary/aromatic N) is 6. The van der Waals surface area contributed by atoms with Crippen LogP contribution in [0.4, 0.5) is 5.69 Å². The van der Waals surface area contributed by atoms with Crippen molar-refractivity contribution in [3.05, 3.63) is 42.5 Å². The van der Waals surface area contributed by atoms with E-state index in [4.69, 9.17) is 0 Å². The van der Waals surface area contributed by atoms with Crippen LogP contribution in [0.2, 0.25) is 0 Å². The minimum absolute atomic E-state index is 0. The van der Waals surface area contributed by atoms with Crippen LogP contribution >= 0.6 is 24.0 Å². The lowest BCUT2D eigenvalue weighted by Crippen LogP contribution is -2.55. The van der Waals surface area contributed by atoms with Gasteiger partial charge in [-0.2, -0.15) is 5.10 Å². The first kappa shape index (κ1) is 23.1. The van der Waals surface area contributed by atoms with E-state index >= 15 is 0 Å². The van der Waals surface area contributed by atoms with Crippen LogP contribution in [0.3, 0.4) is 0 Å². The van der Waals surface area contributed by atoms with Gasteiger partial charge in [-0.15, -0.1) is 24.0 Å². The fourth-order valence-corrected chi connectivity index (χ4v) is 3.54. The number of pyridine rings is 1. The molecular weight excluding hydrogens is 481 g/mol. The van der Waals surface area contributed by atoms with Crippen LogP contribution in [-0.2, 0) is 11.8 Å². The molecule has 0 spiro atoms. The van der Waals surface area contributed by atoms with Gasteiger partial charge in [0.2, 0.25) is 5.91 Å². The first-order valence-electron chi connectivity index (χ1n) is 9.64. The quantitative estimate of drug-likeness (QED) is 0.378. The van der Waals surface area contributed by atoms with Crippen LogP contribution in [0.5, 0.6) is 0 Å². The van der Waals surface area contributed by atoms with Crippen molar-refractivity contribution in [2.45, 2.75) is 19.8 Å². The number of amides is 1. The number of hydrogen-bond acceptors (Lipinski definition) is 4. The Labute approximate surface area is 189 Å². The van der Waals surface area contributed by atoms with E-state index in [1.807, 2.05) is 30.4 Å². The van der Waals surface area contributed by atoms with Crippen LogP contribution in [0, 0.1) is 5.92 Å². The molecule has 29 heavy (non-hydrogen) atoms. The third-order valence-electron chi connectivity index (χ3n) is 5.13. The summed E-state index contributed by atoms with van der Waals surface area (Å²) in [5.41, 5.74) is 2.05. The van der Waals surface area contributed by atoms with Gasteiger partial charge in [0.15, 0.2) is 5.96 Å². The largest absolute Gasteiger partial charge is 0.356 e. The number of anilines is 1. The maximum atomic E-state index is 12.7. The first-order chi connectivity index (χ1) is 13.5. The predicted molar refractivity (Wildman–Crippen MR) is 126 cm³/mol. The van der Waals surface area contributed by atoms with E-state index in [1.165, 1.54) is 5.56 Å². The molecule has 2 aromatic heterocycles. The number of piperazine rings is 1. The normalized spacial score (nSPS) is 16.0. The highest BCUT2D eigenvalue weighted by Gasteiger charge is 2.28. The molecule has 9 heteroatoms. The van der Waals surface area contributed by atoms with Crippen molar-refractivity contribution in [2.24, 2.45) is 18.0 Å². The zero-order valence-electron chi connectivity index (χ0n) is 17.4. The number of guanidine groups is 1. The zero-order valence-corrected chi connectivity index (χ0v) is 19.8. The standard InChI is InChI=1S/C20H29N7O.HI/c1-15(2)18(16-6-5-7-22-10-16)12-23-20(21-3)26-8-9-27(19(28)14-26)17-11-24-25(4)13-17;/h5-7,10-11,13,15,18H,8-9,12,14H2,1-4H3,(H,21,23);1H. The Morgan fingerprint density at radius 2 is 2.10 bits per heavy atom. The van der Waals surface area contributed by atoms with Crippen molar-refractivity contribution < 1.29 is 4.79 Å². The topological polar surface area (TPSA) is 78.7 Å². The van der Waals surface area contributed by atoms with Gasteiger partial charge in [0.05, 0.1) is 11.9 Å². The monoisotopic (exact) mass is 511 g/mol. The number of hydrogen-bond donors (Lipinski definition) is 1. The summed E-state index contributed by atoms with van der Waals surface area (Å²) >= 11 is 0. The lowest BCUT2D eigenvalue weighted by molar-refractivity contribution is -0.120. The maximum absolute atomic E-state index is 12.7. The highest BCUT2D eigenvalue weighted by atomic mass is 127. The molecule has 1 atom stereocenters. The maximum Gasteiger partial charge on any atom is 0.246 e. The fourth-order valence-electron chi connectivity index (χ4n) is 3.54. The minimum Gasteiger partial charge on any atom is -0.356 e. The number of rotatable bonds is 5. The Morgan fingerprint density at radius 3 is 2.66 bits per heavy atom. The molecule has 1 N–H and O–H groups in total. The Bertz CT molecular complexity index is 821. The molecule has 158 valence electrons. The van der Waals surface area contributed by atoms with E-state index in [9.17, 15) is 4.79 Å². The Kier molecular flexibility index (Phi) is 8.42. The van der Waals surface area contributed by atoms with Crippen LogP contribution in [0.1, 0.15) is 25.3 Å². The number of aliphatic imine (C=N–C) groups is 1. The third-order valence-corrected chi connectivity index (χ3v) is 5.13. The number of carbonyl (C=O) groups excluding carboxylic acids is 1. The molecule has 1 amide bonds. The Balaban J connectivity index is 0.00000300. The van der Waals surface area contributed by atoms with Crippen molar-refractivity contribution in [2.75, 3.05) is 38.1 Å². The summed E-state index contributed by atoms with van der Waals surface area (Å²) < 4.78 is 1.71. The number of halogens is 1. The lowest BCUT2D eigenvalue weighted by atomic mass is 9.89. The second kappa shape index (κ2) is 10.6. The summed E-state index contributed by atoms with van der Waals surface area (Å²) in [6.45, 7) is 6.79. The molecule has 3 rings (SSSR count). The van der Waals surface area contributed by atoms with Gasteiger partial charge in [0.1, 0.15) is 6.54 Å². The van der Waals surface area contributed by atoms with Gasteiger partial charge < -0.3 is 15.1 Å². The summed E-state index contributed by atoms with van der Waals surface area (Å²) in [6, 6.07) is 4.08. The average molecular weight is 511 g/mol. The van der Waals surface area contributed by atoms with Crippen LogP contribution < -0.4 is 10.2 Å². The van der Waals surface area contributed by atoms with E-state index in [0.717, 1.165) is 24.7 Å². The molecule has 0 bridgehead atoms. The van der Waals surface area contributed by atoms with Gasteiger partial charge in [-0.25, -0.2) is 0 Å². The molecule has 1 aliphatic rings. The van der Waals surface area contributed by atoms with Gasteiger partial charge in [-0.05, 0) is 17.5 Å². The minimum atomic E-state index is 0. The van der Waals surface area contributed by atoms with E-state index < -0.39 is 0 Å². The van der Waals surface area contributed by atoms with Gasteiger partial charge in [0.25, 0.3) is 0 Å². The average Bonchev–Trinajstić information content (AvgIpc) is 3.11. The Hall–Kier alpha value is -2.17. The third kappa shape index (κ3) is 5.68. The number of carbonyl (C=O) groups is 1. The predicted octanol–water partition coefficient (Wildman–Crippen LogP) is 2.10. The molecule has 1 unspecified atom stereocenters. The molecule has 8 nitrogen and oxygen atoms in total. The lowest BCUT2D eigenvalue weighted by Gasteiger charge is -2.36. The second-order valence-corrected chi connectivity index (χ2v) is 7.40. The molecule has 1 fully saturated rings. The van der Waals surface area contributed by atoms with Gasteiger partial charge in [0, 0.05) is 58.2 Å². The van der Waals surface area contributed by atoms with Gasteiger partial charge in [-0.3, -0.25) is 19.5 Å². The van der Waals surface area contributed by atoms with Crippen molar-refractivity contribution in [1.82, 2.24) is 25.0 Å². The van der Waals surface area contributed by atoms with E-state index in [1.54, 1.807) is 29.0 Å². The highest BCUT2D eigenvalue weighted by Crippen LogP contribution is 2.23. The van der Waals surface area contributed by atoms with Crippen LogP contribution in [0.25, 0.3) is 0 Å². The van der Waals surface area contributed by atoms with E-state index in [0.29, 0.717) is 24.9 Å². The summed E-state index contributed by atoms with van der Waals surface area (Å²) in [5, 5.41) is 7.62. The molecule has 1 saturated heterocycles. The molecule has 3 heterocycles. The highest BCUT2D eigenvalue weighted by molar-refractivity contribution is 14.0. The van der Waals surface area contributed by atoms with Crippen LogP contribution in [0.15, 0.2) is 41.9 Å². The summed E-state index contributed by atoms with van der Waals surface area (Å²) in [4.78, 5) is 25.1. The molecule has 0 saturated carbocycles.